The van der Waals surface area contributed by atoms with E-state index in [1.54, 1.807) is 0 Å². The zero-order valence-electron chi connectivity index (χ0n) is 10.0. The van der Waals surface area contributed by atoms with Crippen LogP contribution in [0.4, 0.5) is 0 Å². The minimum atomic E-state index is 1.15. The van der Waals surface area contributed by atoms with Crippen molar-refractivity contribution in [3.05, 3.63) is 73.1 Å². The molecule has 1 nitrogen and oxygen atoms in total. The highest BCUT2D eigenvalue weighted by Crippen LogP contribution is 2.32. The van der Waals surface area contributed by atoms with Gasteiger partial charge in [0.15, 0.2) is 0 Å². The first-order chi connectivity index (χ1) is 8.90. The third kappa shape index (κ3) is 1.70. The van der Waals surface area contributed by atoms with Crippen molar-refractivity contribution in [2.75, 3.05) is 0 Å². The van der Waals surface area contributed by atoms with Gasteiger partial charge in [0.1, 0.15) is 0 Å². The van der Waals surface area contributed by atoms with Crippen LogP contribution in [0.15, 0.2) is 67.5 Å². The second-order valence-electron chi connectivity index (χ2n) is 4.19. The van der Waals surface area contributed by atoms with E-state index in [0.29, 0.717) is 0 Å². The van der Waals surface area contributed by atoms with Gasteiger partial charge in [-0.1, -0.05) is 49.1 Å². The fourth-order valence-electron chi connectivity index (χ4n) is 2.30. The molecule has 0 fully saturated rings. The fraction of sp³-hybridized carbons (Fsp3) is 0. The van der Waals surface area contributed by atoms with Gasteiger partial charge in [-0.05, 0) is 39.6 Å². The summed E-state index contributed by atoms with van der Waals surface area (Å²) in [5, 5.41) is 2.50. The Kier molecular flexibility index (Phi) is 2.66. The van der Waals surface area contributed by atoms with Crippen LogP contribution in [-0.4, -0.2) is 4.98 Å². The number of aromatic nitrogens is 1. The molecule has 0 aliphatic carbocycles. The van der Waals surface area contributed by atoms with Crippen molar-refractivity contribution < 1.29 is 0 Å². The Morgan fingerprint density at radius 3 is 2.44 bits per heavy atom. The molecule has 86 valence electrons. The summed E-state index contributed by atoms with van der Waals surface area (Å²) in [6.07, 6.45) is 5.55. The molecule has 0 saturated heterocycles. The number of hydrogen-bond acceptors (Lipinski definition) is 1. The molecule has 0 aliphatic heterocycles. The van der Waals surface area contributed by atoms with Crippen LogP contribution in [0.25, 0.3) is 28.0 Å². The molecule has 0 N–H and O–H groups in total. The van der Waals surface area contributed by atoms with Gasteiger partial charge in [0.05, 0.1) is 0 Å². The van der Waals surface area contributed by atoms with Gasteiger partial charge in [0.2, 0.25) is 0 Å². The molecule has 0 amide bonds. The van der Waals surface area contributed by atoms with E-state index in [-0.39, 0.29) is 0 Å². The number of rotatable bonds is 2. The lowest BCUT2D eigenvalue weighted by molar-refractivity contribution is 1.33. The number of nitrogens with zero attached hydrogens (tertiary/aromatic N) is 1. The van der Waals surface area contributed by atoms with Crippen molar-refractivity contribution in [1.82, 2.24) is 4.98 Å². The zero-order valence-corrected chi connectivity index (χ0v) is 10.0. The van der Waals surface area contributed by atoms with Gasteiger partial charge in [0.25, 0.3) is 0 Å². The first kappa shape index (κ1) is 10.7. The van der Waals surface area contributed by atoms with E-state index < -0.39 is 0 Å². The van der Waals surface area contributed by atoms with Crippen LogP contribution in [-0.2, 0) is 0 Å². The molecule has 3 rings (SSSR count). The largest absolute Gasteiger partial charge is 0.265 e. The Bertz CT molecular complexity index is 699. The van der Waals surface area contributed by atoms with Crippen molar-refractivity contribution >= 4 is 16.8 Å². The predicted octanol–water partition coefficient (Wildman–Crippen LogP) is 4.54. The summed E-state index contributed by atoms with van der Waals surface area (Å²) in [4.78, 5) is 4.08. The third-order valence-electron chi connectivity index (χ3n) is 3.15. The van der Waals surface area contributed by atoms with E-state index in [0.717, 1.165) is 5.56 Å². The summed E-state index contributed by atoms with van der Waals surface area (Å²) in [5.74, 6) is 0. The van der Waals surface area contributed by atoms with Gasteiger partial charge < -0.3 is 0 Å². The topological polar surface area (TPSA) is 12.9 Å². The number of benzene rings is 2. The fourth-order valence-corrected chi connectivity index (χ4v) is 2.30. The van der Waals surface area contributed by atoms with E-state index in [1.807, 2.05) is 30.6 Å². The molecular weight excluding hydrogens is 218 g/mol. The van der Waals surface area contributed by atoms with Gasteiger partial charge in [-0.25, -0.2) is 0 Å². The van der Waals surface area contributed by atoms with Gasteiger partial charge in [-0.15, -0.1) is 0 Å². The summed E-state index contributed by atoms with van der Waals surface area (Å²) >= 11 is 0. The molecule has 0 saturated carbocycles. The van der Waals surface area contributed by atoms with Crippen molar-refractivity contribution in [1.29, 1.82) is 0 Å². The summed E-state index contributed by atoms with van der Waals surface area (Å²) in [5.41, 5.74) is 3.56. The van der Waals surface area contributed by atoms with E-state index in [4.69, 9.17) is 0 Å². The second-order valence-corrected chi connectivity index (χ2v) is 4.19. The van der Waals surface area contributed by atoms with Gasteiger partial charge >= 0.3 is 0 Å². The van der Waals surface area contributed by atoms with E-state index in [2.05, 4.69) is 48.0 Å². The lowest BCUT2D eigenvalue weighted by Crippen LogP contribution is -1.86. The van der Waals surface area contributed by atoms with Crippen molar-refractivity contribution in [2.24, 2.45) is 0 Å². The van der Waals surface area contributed by atoms with Crippen molar-refractivity contribution in [2.45, 2.75) is 0 Å². The standard InChI is InChI=1S/C17H13N/c1-2-13-7-8-14-5-3-4-6-16(14)17(13)15-9-11-18-12-10-15/h2-12H,1H2. The number of hydrogen-bond donors (Lipinski definition) is 0. The van der Waals surface area contributed by atoms with Gasteiger partial charge in [-0.2, -0.15) is 0 Å². The van der Waals surface area contributed by atoms with E-state index in [1.165, 1.54) is 21.9 Å². The van der Waals surface area contributed by atoms with Gasteiger partial charge in [0, 0.05) is 12.4 Å². The number of fused-ring (bicyclic) bond motifs is 1. The highest BCUT2D eigenvalue weighted by molar-refractivity contribution is 6.00. The lowest BCUT2D eigenvalue weighted by Gasteiger charge is -2.10. The highest BCUT2D eigenvalue weighted by Gasteiger charge is 2.07. The predicted molar refractivity (Wildman–Crippen MR) is 77.3 cm³/mol. The van der Waals surface area contributed by atoms with E-state index in [9.17, 15) is 0 Å². The SMILES string of the molecule is C=Cc1ccc2ccccc2c1-c1ccncc1. The molecule has 0 unspecified atom stereocenters. The molecule has 2 aromatic carbocycles. The molecule has 0 bridgehead atoms. The molecule has 1 aromatic heterocycles. The summed E-state index contributed by atoms with van der Waals surface area (Å²) in [6.45, 7) is 3.91. The van der Waals surface area contributed by atoms with Crippen LogP contribution in [0.2, 0.25) is 0 Å². The summed E-state index contributed by atoms with van der Waals surface area (Å²) < 4.78 is 0. The van der Waals surface area contributed by atoms with Gasteiger partial charge in [-0.3, -0.25) is 4.98 Å². The minimum absolute atomic E-state index is 1.15. The monoisotopic (exact) mass is 231 g/mol. The molecule has 0 aliphatic rings. The van der Waals surface area contributed by atoms with Crippen LogP contribution in [0.1, 0.15) is 5.56 Å². The molecule has 0 atom stereocenters. The first-order valence-corrected chi connectivity index (χ1v) is 5.95. The van der Waals surface area contributed by atoms with Crippen LogP contribution in [0, 0.1) is 0 Å². The summed E-state index contributed by atoms with van der Waals surface area (Å²) in [6, 6.07) is 16.7. The average molecular weight is 231 g/mol. The van der Waals surface area contributed by atoms with Crippen molar-refractivity contribution in [3.63, 3.8) is 0 Å². The van der Waals surface area contributed by atoms with Crippen LogP contribution in [0.5, 0.6) is 0 Å². The quantitative estimate of drug-likeness (QED) is 0.630. The first-order valence-electron chi connectivity index (χ1n) is 5.95. The minimum Gasteiger partial charge on any atom is -0.265 e. The molecule has 0 spiro atoms. The second kappa shape index (κ2) is 4.46. The molecule has 3 aromatic rings. The Morgan fingerprint density at radius 1 is 0.889 bits per heavy atom. The smallest absolute Gasteiger partial charge is 0.0273 e. The van der Waals surface area contributed by atoms with Crippen molar-refractivity contribution in [3.8, 4) is 11.1 Å². The van der Waals surface area contributed by atoms with Crippen LogP contribution < -0.4 is 0 Å². The number of pyridine rings is 1. The van der Waals surface area contributed by atoms with E-state index >= 15 is 0 Å². The normalized spacial score (nSPS) is 10.4. The Labute approximate surface area is 106 Å². The zero-order chi connectivity index (χ0) is 12.4. The molecule has 1 heteroatoms. The lowest BCUT2D eigenvalue weighted by atomic mass is 9.94. The maximum Gasteiger partial charge on any atom is 0.0273 e. The third-order valence-corrected chi connectivity index (χ3v) is 3.15. The molecule has 18 heavy (non-hydrogen) atoms. The Morgan fingerprint density at radius 2 is 1.67 bits per heavy atom. The molecule has 0 radical (unpaired) electrons. The molecule has 1 heterocycles. The highest BCUT2D eigenvalue weighted by atomic mass is 14.6. The maximum absolute atomic E-state index is 4.08. The Hall–Kier alpha value is -2.41. The summed E-state index contributed by atoms with van der Waals surface area (Å²) in [7, 11) is 0. The van der Waals surface area contributed by atoms with Crippen LogP contribution >= 0.6 is 0 Å². The maximum atomic E-state index is 4.08. The average Bonchev–Trinajstić information content (AvgIpc) is 2.47. The molecular formula is C17H13N. The Balaban J connectivity index is 2.41. The van der Waals surface area contributed by atoms with Crippen LogP contribution in [0.3, 0.4) is 0 Å².